The molecule has 0 unspecified atom stereocenters. The van der Waals surface area contributed by atoms with Crippen molar-refractivity contribution in [1.29, 1.82) is 0 Å². The molecule has 0 spiro atoms. The molecule has 20 heteroatoms. The second kappa shape index (κ2) is 11.2. The van der Waals surface area contributed by atoms with Gasteiger partial charge in [-0.2, -0.15) is 70.2 Å². The van der Waals surface area contributed by atoms with Crippen LogP contribution in [0.5, 0.6) is 0 Å². The molecule has 0 saturated carbocycles. The zero-order valence-electron chi connectivity index (χ0n) is 19.0. The molecule has 0 N–H and O–H groups in total. The monoisotopic (exact) mass is 818 g/mol. The summed E-state index contributed by atoms with van der Waals surface area (Å²) in [4.78, 5) is 4.19. The van der Waals surface area contributed by atoms with Crippen LogP contribution in [0.15, 0.2) is 24.3 Å². The molecule has 224 valence electrons. The Balaban J connectivity index is 0.000000942. The molecule has 0 aromatic heterocycles. The van der Waals surface area contributed by atoms with Gasteiger partial charge in [-0.25, -0.2) is 0 Å². The Hall–Kier alpha value is -0.840. The summed E-state index contributed by atoms with van der Waals surface area (Å²) in [5, 5.41) is 0. The van der Waals surface area contributed by atoms with Gasteiger partial charge < -0.3 is 9.80 Å². The van der Waals surface area contributed by atoms with Gasteiger partial charge in [-0.1, -0.05) is 0 Å². The molecule has 0 aliphatic heterocycles. The van der Waals surface area contributed by atoms with Gasteiger partial charge in [0.15, 0.2) is 0 Å². The zero-order chi connectivity index (χ0) is 31.1. The van der Waals surface area contributed by atoms with E-state index in [0.29, 0.717) is 0 Å². The fourth-order valence-electron chi connectivity index (χ4n) is 2.19. The Morgan fingerprint density at radius 1 is 0.395 bits per heavy atom. The molecular weight excluding hydrogens is 802 g/mol. The fourth-order valence-corrected chi connectivity index (χ4v) is 2.87. The molecule has 38 heavy (non-hydrogen) atoms. The van der Waals surface area contributed by atoms with E-state index in [2.05, 4.69) is 34.1 Å². The molecule has 0 heterocycles. The highest BCUT2D eigenvalue weighted by Crippen LogP contribution is 2.64. The normalized spacial score (nSPS) is 14.6. The molecule has 0 aliphatic rings. The molecule has 0 fully saturated rings. The van der Waals surface area contributed by atoms with Crippen molar-refractivity contribution in [2.45, 2.75) is 43.4 Å². The van der Waals surface area contributed by atoms with E-state index in [4.69, 9.17) is 0 Å². The standard InChI is InChI=1S/C10H16N2.C8F16I2/c1-11(2)9-5-7-10(8-6-9)12(3)4;9-1(10,3(13,14)5(17,18)7(21,22)25)2(11,12)4(15,16)6(19,20)8(23,24)26/h5-8H,1-4H3;. The fraction of sp³-hybridized carbons (Fsp3) is 0.667. The topological polar surface area (TPSA) is 6.48 Å². The zero-order valence-corrected chi connectivity index (χ0v) is 23.3. The van der Waals surface area contributed by atoms with Crippen molar-refractivity contribution in [2.75, 3.05) is 38.0 Å². The number of alkyl halides is 18. The maximum Gasteiger partial charge on any atom is 0.387 e. The molecule has 0 aliphatic carbocycles. The van der Waals surface area contributed by atoms with Crippen LogP contribution < -0.4 is 9.80 Å². The number of rotatable bonds is 9. The van der Waals surface area contributed by atoms with E-state index in [1.54, 1.807) is 0 Å². The minimum Gasteiger partial charge on any atom is -0.378 e. The summed E-state index contributed by atoms with van der Waals surface area (Å²) in [6.07, 6.45) is 0. The summed E-state index contributed by atoms with van der Waals surface area (Å²) in [5.41, 5.74) is 2.47. The van der Waals surface area contributed by atoms with Crippen LogP contribution in [0, 0.1) is 0 Å². The van der Waals surface area contributed by atoms with Gasteiger partial charge in [-0.15, -0.1) is 0 Å². The number of hydrogen-bond acceptors (Lipinski definition) is 2. The summed E-state index contributed by atoms with van der Waals surface area (Å²) in [6.45, 7) is 0. The van der Waals surface area contributed by atoms with Crippen LogP contribution in [0.1, 0.15) is 0 Å². The van der Waals surface area contributed by atoms with Gasteiger partial charge in [0.2, 0.25) is 0 Å². The number of benzene rings is 1. The van der Waals surface area contributed by atoms with Crippen molar-refractivity contribution >= 4 is 56.6 Å². The van der Waals surface area contributed by atoms with Gasteiger partial charge in [0.1, 0.15) is 0 Å². The van der Waals surface area contributed by atoms with Crippen LogP contribution in [0.4, 0.5) is 81.6 Å². The van der Waals surface area contributed by atoms with E-state index in [1.165, 1.54) is 11.4 Å². The minimum absolute atomic E-state index is 0.936. The third-order valence-electron chi connectivity index (χ3n) is 4.57. The van der Waals surface area contributed by atoms with Gasteiger partial charge in [0.25, 0.3) is 0 Å². The van der Waals surface area contributed by atoms with E-state index < -0.39 is 88.6 Å². The van der Waals surface area contributed by atoms with Gasteiger partial charge >= 0.3 is 43.4 Å². The lowest BCUT2D eigenvalue weighted by Crippen LogP contribution is -2.73. The predicted octanol–water partition coefficient (Wildman–Crippen LogP) is 8.67. The second-order valence-corrected chi connectivity index (χ2v) is 10.5. The smallest absolute Gasteiger partial charge is 0.378 e. The molecule has 0 atom stereocenters. The Kier molecular flexibility index (Phi) is 11.0. The predicted molar refractivity (Wildman–Crippen MR) is 123 cm³/mol. The molecule has 1 aromatic carbocycles. The third kappa shape index (κ3) is 6.39. The summed E-state index contributed by atoms with van der Waals surface area (Å²) in [6, 6.07) is 8.48. The van der Waals surface area contributed by atoms with Crippen LogP contribution in [-0.2, 0) is 0 Å². The largest absolute Gasteiger partial charge is 0.387 e. The van der Waals surface area contributed by atoms with Crippen molar-refractivity contribution in [3.63, 3.8) is 0 Å². The quantitative estimate of drug-likeness (QED) is 0.140. The molecule has 0 radical (unpaired) electrons. The lowest BCUT2D eigenvalue weighted by Gasteiger charge is -2.42. The van der Waals surface area contributed by atoms with Gasteiger partial charge in [-0.3, -0.25) is 0 Å². The molecule has 0 bridgehead atoms. The lowest BCUT2D eigenvalue weighted by molar-refractivity contribution is -0.441. The molecule has 1 rings (SSSR count). The highest BCUT2D eigenvalue weighted by atomic mass is 127. The first-order valence-corrected chi connectivity index (χ1v) is 11.4. The van der Waals surface area contributed by atoms with Crippen molar-refractivity contribution in [2.24, 2.45) is 0 Å². The average Bonchev–Trinajstić information content (AvgIpc) is 2.71. The first kappa shape index (κ1) is 37.2. The van der Waals surface area contributed by atoms with Crippen LogP contribution in [0.3, 0.4) is 0 Å². The Morgan fingerprint density at radius 3 is 0.684 bits per heavy atom. The molecule has 0 amide bonds. The molecule has 1 aromatic rings. The first-order valence-electron chi connectivity index (χ1n) is 9.21. The van der Waals surface area contributed by atoms with Crippen LogP contribution in [0.25, 0.3) is 0 Å². The van der Waals surface area contributed by atoms with Crippen LogP contribution in [-0.4, -0.2) is 71.6 Å². The Labute approximate surface area is 232 Å². The maximum absolute atomic E-state index is 13.0. The molecule has 0 saturated heterocycles. The summed E-state index contributed by atoms with van der Waals surface area (Å²) >= 11 is -1.87. The molecular formula is C18H16F16I2N2. The SMILES string of the molecule is CN(C)c1ccc(N(C)C)cc1.FC(F)(I)C(F)(F)C(F)(F)C(F)(F)C(F)(F)C(F)(F)C(F)(F)C(F)(F)I. The van der Waals surface area contributed by atoms with Gasteiger partial charge in [0, 0.05) is 84.7 Å². The van der Waals surface area contributed by atoms with E-state index in [9.17, 15) is 70.2 Å². The van der Waals surface area contributed by atoms with Crippen LogP contribution in [0.2, 0.25) is 0 Å². The lowest BCUT2D eigenvalue weighted by atomic mass is 9.91. The van der Waals surface area contributed by atoms with Crippen LogP contribution >= 0.6 is 45.2 Å². The van der Waals surface area contributed by atoms with Crippen molar-refractivity contribution in [3.05, 3.63) is 24.3 Å². The Morgan fingerprint density at radius 2 is 0.553 bits per heavy atom. The van der Waals surface area contributed by atoms with Gasteiger partial charge in [0.05, 0.1) is 0 Å². The second-order valence-electron chi connectivity index (χ2n) is 7.75. The van der Waals surface area contributed by atoms with E-state index in [0.717, 1.165) is 0 Å². The number of nitrogens with zero attached hydrogens (tertiary/aromatic N) is 2. The number of hydrogen-bond donors (Lipinski definition) is 0. The molecule has 2 nitrogen and oxygen atoms in total. The first-order chi connectivity index (χ1) is 16.4. The van der Waals surface area contributed by atoms with E-state index >= 15 is 0 Å². The minimum atomic E-state index is -8.33. The number of anilines is 2. The summed E-state index contributed by atoms with van der Waals surface area (Å²) in [5.74, 6) is -47.8. The summed E-state index contributed by atoms with van der Waals surface area (Å²) < 4.78 is 192. The number of halogens is 18. The highest BCUT2D eigenvalue weighted by Gasteiger charge is 2.94. The Bertz CT molecular complexity index is 847. The summed E-state index contributed by atoms with van der Waals surface area (Å²) in [7, 11) is 8.19. The van der Waals surface area contributed by atoms with Crippen molar-refractivity contribution in [3.8, 4) is 0 Å². The average molecular weight is 818 g/mol. The van der Waals surface area contributed by atoms with E-state index in [-0.39, 0.29) is 0 Å². The third-order valence-corrected chi connectivity index (χ3v) is 5.92. The van der Waals surface area contributed by atoms with Crippen molar-refractivity contribution < 1.29 is 70.2 Å². The van der Waals surface area contributed by atoms with Gasteiger partial charge in [-0.05, 0) is 24.3 Å². The van der Waals surface area contributed by atoms with E-state index in [1.807, 2.05) is 28.2 Å². The highest BCUT2D eigenvalue weighted by molar-refractivity contribution is 14.1. The van der Waals surface area contributed by atoms with Crippen molar-refractivity contribution in [1.82, 2.24) is 0 Å². The maximum atomic E-state index is 13.0.